The SMILES string of the molecule is CN/C(=N\C#N)N[C@H]1CC[C@](CNC(=O)C(C)ON=C(C)C)(c2ccccc2)CC1. The Bertz CT molecular complexity index is 788. The lowest BCUT2D eigenvalue weighted by molar-refractivity contribution is -0.132. The van der Waals surface area contributed by atoms with Gasteiger partial charge in [0.15, 0.2) is 0 Å². The standard InChI is InChI=1S/C22H32N6O2/c1-16(2)28-30-17(3)20(29)25-14-22(18-8-6-5-7-9-18)12-10-19(11-13-22)27-21(24-4)26-15-23/h5-9,17,19H,10-14H2,1-4H3,(H,25,29)(H2,24,26,27)/t17?,19-,22-. The van der Waals surface area contributed by atoms with Crippen LogP contribution in [0.4, 0.5) is 0 Å². The van der Waals surface area contributed by atoms with Gasteiger partial charge in [0.2, 0.25) is 18.3 Å². The molecule has 1 amide bonds. The Morgan fingerprint density at radius 2 is 1.97 bits per heavy atom. The van der Waals surface area contributed by atoms with Gasteiger partial charge in [-0.3, -0.25) is 4.79 Å². The second-order valence-corrected chi connectivity index (χ2v) is 7.88. The first-order valence-corrected chi connectivity index (χ1v) is 10.3. The number of rotatable bonds is 7. The van der Waals surface area contributed by atoms with Gasteiger partial charge in [0.05, 0.1) is 5.71 Å². The van der Waals surface area contributed by atoms with Crippen LogP contribution in [0.1, 0.15) is 52.0 Å². The van der Waals surface area contributed by atoms with Gasteiger partial charge in [-0.15, -0.1) is 4.99 Å². The topological polar surface area (TPSA) is 111 Å². The molecule has 1 saturated carbocycles. The molecule has 0 radical (unpaired) electrons. The average molecular weight is 413 g/mol. The van der Waals surface area contributed by atoms with Crippen LogP contribution in [0.2, 0.25) is 0 Å². The van der Waals surface area contributed by atoms with E-state index in [1.807, 2.05) is 32.0 Å². The minimum absolute atomic E-state index is 0.148. The molecule has 1 aliphatic carbocycles. The van der Waals surface area contributed by atoms with E-state index < -0.39 is 6.10 Å². The number of guanidine groups is 1. The third kappa shape index (κ3) is 6.48. The lowest BCUT2D eigenvalue weighted by Crippen LogP contribution is -2.50. The molecule has 0 aliphatic heterocycles. The number of nitrogens with zero attached hydrogens (tertiary/aromatic N) is 3. The third-order valence-corrected chi connectivity index (χ3v) is 5.43. The fourth-order valence-corrected chi connectivity index (χ4v) is 3.71. The van der Waals surface area contributed by atoms with Crippen LogP contribution in [0.3, 0.4) is 0 Å². The molecule has 0 heterocycles. The van der Waals surface area contributed by atoms with Crippen molar-refractivity contribution in [2.75, 3.05) is 13.6 Å². The summed E-state index contributed by atoms with van der Waals surface area (Å²) in [5.41, 5.74) is 1.84. The van der Waals surface area contributed by atoms with E-state index in [-0.39, 0.29) is 17.4 Å². The zero-order chi connectivity index (χ0) is 22.0. The Balaban J connectivity index is 2.06. The van der Waals surface area contributed by atoms with Crippen molar-refractivity contribution in [3.8, 4) is 6.19 Å². The number of hydrogen-bond donors (Lipinski definition) is 3. The van der Waals surface area contributed by atoms with Gasteiger partial charge in [-0.2, -0.15) is 5.26 Å². The maximum absolute atomic E-state index is 12.5. The van der Waals surface area contributed by atoms with Crippen molar-refractivity contribution < 1.29 is 9.63 Å². The van der Waals surface area contributed by atoms with E-state index >= 15 is 0 Å². The van der Waals surface area contributed by atoms with Crippen molar-refractivity contribution in [2.45, 2.75) is 64.0 Å². The summed E-state index contributed by atoms with van der Waals surface area (Å²) in [5.74, 6) is 0.315. The molecule has 1 aromatic carbocycles. The van der Waals surface area contributed by atoms with Crippen molar-refractivity contribution >= 4 is 17.6 Å². The quantitative estimate of drug-likeness (QED) is 0.276. The van der Waals surface area contributed by atoms with E-state index in [2.05, 4.69) is 38.2 Å². The fraction of sp³-hybridized carbons (Fsp3) is 0.545. The van der Waals surface area contributed by atoms with Crippen LogP contribution in [0.5, 0.6) is 0 Å². The summed E-state index contributed by atoms with van der Waals surface area (Å²) in [4.78, 5) is 21.5. The van der Waals surface area contributed by atoms with Gasteiger partial charge in [0.1, 0.15) is 0 Å². The number of carbonyl (C=O) groups is 1. The number of aliphatic imine (C=N–C) groups is 1. The molecule has 8 heteroatoms. The van der Waals surface area contributed by atoms with Crippen molar-refractivity contribution in [3.63, 3.8) is 0 Å². The number of oxime groups is 1. The average Bonchev–Trinajstić information content (AvgIpc) is 2.77. The Kier molecular flexibility index (Phi) is 8.66. The van der Waals surface area contributed by atoms with Crippen LogP contribution < -0.4 is 16.0 Å². The van der Waals surface area contributed by atoms with Crippen LogP contribution in [-0.2, 0) is 15.0 Å². The summed E-state index contributed by atoms with van der Waals surface area (Å²) in [6, 6.07) is 10.5. The summed E-state index contributed by atoms with van der Waals surface area (Å²) in [6.07, 6.45) is 4.77. The lowest BCUT2D eigenvalue weighted by atomic mass is 9.68. The third-order valence-electron chi connectivity index (χ3n) is 5.43. The molecule has 0 bridgehead atoms. The number of nitriles is 1. The van der Waals surface area contributed by atoms with Crippen molar-refractivity contribution in [1.82, 2.24) is 16.0 Å². The minimum Gasteiger partial charge on any atom is -0.383 e. The van der Waals surface area contributed by atoms with E-state index in [0.717, 1.165) is 31.4 Å². The summed E-state index contributed by atoms with van der Waals surface area (Å²) >= 11 is 0. The van der Waals surface area contributed by atoms with Gasteiger partial charge in [0, 0.05) is 25.0 Å². The molecule has 3 N–H and O–H groups in total. The molecule has 1 fully saturated rings. The molecule has 8 nitrogen and oxygen atoms in total. The van der Waals surface area contributed by atoms with Gasteiger partial charge in [0.25, 0.3) is 5.91 Å². The molecule has 2 rings (SSSR count). The molecule has 162 valence electrons. The van der Waals surface area contributed by atoms with Gasteiger partial charge in [-0.25, -0.2) is 0 Å². The second kappa shape index (κ2) is 11.2. The first kappa shape index (κ1) is 23.2. The van der Waals surface area contributed by atoms with Gasteiger partial charge >= 0.3 is 0 Å². The highest BCUT2D eigenvalue weighted by molar-refractivity contribution is 5.81. The number of nitrogens with one attached hydrogen (secondary N) is 3. The van der Waals surface area contributed by atoms with Crippen LogP contribution in [0, 0.1) is 11.5 Å². The largest absolute Gasteiger partial charge is 0.383 e. The maximum Gasteiger partial charge on any atom is 0.263 e. The summed E-state index contributed by atoms with van der Waals surface area (Å²) in [5, 5.41) is 22.0. The minimum atomic E-state index is -0.647. The van der Waals surface area contributed by atoms with Gasteiger partial charge in [-0.05, 0) is 52.0 Å². The van der Waals surface area contributed by atoms with Crippen LogP contribution >= 0.6 is 0 Å². The number of hydrogen-bond acceptors (Lipinski definition) is 5. The molecule has 30 heavy (non-hydrogen) atoms. The van der Waals surface area contributed by atoms with Crippen LogP contribution in [-0.4, -0.2) is 43.3 Å². The first-order valence-electron chi connectivity index (χ1n) is 10.3. The Morgan fingerprint density at radius 3 is 2.53 bits per heavy atom. The van der Waals surface area contributed by atoms with Crippen LogP contribution in [0.25, 0.3) is 0 Å². The van der Waals surface area contributed by atoms with Crippen molar-refractivity contribution in [1.29, 1.82) is 5.26 Å². The Hall–Kier alpha value is -3.08. The molecule has 1 unspecified atom stereocenters. The lowest BCUT2D eigenvalue weighted by Gasteiger charge is -2.41. The van der Waals surface area contributed by atoms with E-state index in [1.165, 1.54) is 5.56 Å². The smallest absolute Gasteiger partial charge is 0.263 e. The van der Waals surface area contributed by atoms with E-state index in [0.29, 0.717) is 12.5 Å². The fourth-order valence-electron chi connectivity index (χ4n) is 3.71. The van der Waals surface area contributed by atoms with Gasteiger partial charge < -0.3 is 20.8 Å². The zero-order valence-electron chi connectivity index (χ0n) is 18.2. The summed E-state index contributed by atoms with van der Waals surface area (Å²) in [6.45, 7) is 5.88. The van der Waals surface area contributed by atoms with E-state index in [1.54, 1.807) is 20.2 Å². The van der Waals surface area contributed by atoms with E-state index in [9.17, 15) is 4.79 Å². The highest BCUT2D eigenvalue weighted by Gasteiger charge is 2.37. The highest BCUT2D eigenvalue weighted by Crippen LogP contribution is 2.39. The van der Waals surface area contributed by atoms with Gasteiger partial charge in [-0.1, -0.05) is 35.5 Å². The summed E-state index contributed by atoms with van der Waals surface area (Å²) < 4.78 is 0. The predicted molar refractivity (Wildman–Crippen MR) is 118 cm³/mol. The molecule has 0 aromatic heterocycles. The monoisotopic (exact) mass is 412 g/mol. The predicted octanol–water partition coefficient (Wildman–Crippen LogP) is 2.43. The number of benzene rings is 1. The molecular weight excluding hydrogens is 380 g/mol. The molecule has 1 atom stereocenters. The van der Waals surface area contributed by atoms with Crippen LogP contribution in [0.15, 0.2) is 40.5 Å². The molecule has 1 aromatic rings. The number of amides is 1. The highest BCUT2D eigenvalue weighted by atomic mass is 16.6. The maximum atomic E-state index is 12.5. The normalized spacial score (nSPS) is 22.2. The Morgan fingerprint density at radius 1 is 1.30 bits per heavy atom. The molecule has 1 aliphatic rings. The molecule has 0 spiro atoms. The number of carbonyl (C=O) groups excluding carboxylic acids is 1. The van der Waals surface area contributed by atoms with E-state index in [4.69, 9.17) is 10.1 Å². The molecule has 0 saturated heterocycles. The second-order valence-electron chi connectivity index (χ2n) is 7.88. The van der Waals surface area contributed by atoms with Crippen molar-refractivity contribution in [3.05, 3.63) is 35.9 Å². The molecular formula is C22H32N6O2. The Labute approximate surface area is 178 Å². The van der Waals surface area contributed by atoms with Crippen molar-refractivity contribution in [2.24, 2.45) is 10.1 Å². The first-order chi connectivity index (χ1) is 14.4. The zero-order valence-corrected chi connectivity index (χ0v) is 18.2. The summed E-state index contributed by atoms with van der Waals surface area (Å²) in [7, 11) is 1.74.